The summed E-state index contributed by atoms with van der Waals surface area (Å²) in [6.45, 7) is 0. The van der Waals surface area contributed by atoms with Gasteiger partial charge in [-0.05, 0) is 11.1 Å². The van der Waals surface area contributed by atoms with Crippen molar-refractivity contribution in [3.63, 3.8) is 0 Å². The van der Waals surface area contributed by atoms with Crippen LogP contribution in [0.3, 0.4) is 0 Å². The first-order valence-corrected chi connectivity index (χ1v) is 5.02. The maximum Gasteiger partial charge on any atom is 0.132 e. The van der Waals surface area contributed by atoms with Gasteiger partial charge < -0.3 is 0 Å². The number of hydrogen-bond donors (Lipinski definition) is 0. The molecule has 1 aromatic rings. The minimum absolute atomic E-state index is 0.531. The van der Waals surface area contributed by atoms with E-state index in [9.17, 15) is 0 Å². The molecule has 0 amide bonds. The average molecular weight is 244 g/mol. The Labute approximate surface area is 91.4 Å². The van der Waals surface area contributed by atoms with Crippen LogP contribution in [0.5, 0.6) is 0 Å². The minimum atomic E-state index is -0.531. The van der Waals surface area contributed by atoms with Gasteiger partial charge in [-0.1, -0.05) is 24.3 Å². The fraction of sp³-hybridized carbons (Fsp3) is 0.250. The zero-order valence-electron chi connectivity index (χ0n) is 5.98. The molecule has 0 aliphatic heterocycles. The SMILES string of the molecule is ClC(Cl)c1cccc(C(Cl)Cl)c1. The van der Waals surface area contributed by atoms with Gasteiger partial charge in [-0.15, -0.1) is 46.4 Å². The Bertz CT molecular complexity index is 234. The highest BCUT2D eigenvalue weighted by molar-refractivity contribution is 6.44. The maximum atomic E-state index is 5.66. The van der Waals surface area contributed by atoms with Gasteiger partial charge in [-0.25, -0.2) is 0 Å². The van der Waals surface area contributed by atoms with Gasteiger partial charge in [-0.2, -0.15) is 0 Å². The molecule has 0 heterocycles. The first-order valence-electron chi connectivity index (χ1n) is 3.27. The number of rotatable bonds is 2. The van der Waals surface area contributed by atoms with E-state index in [0.717, 1.165) is 11.1 Å². The lowest BCUT2D eigenvalue weighted by Crippen LogP contribution is -1.86. The van der Waals surface area contributed by atoms with Crippen LogP contribution in [0.2, 0.25) is 0 Å². The normalized spacial score (nSPS) is 11.2. The van der Waals surface area contributed by atoms with Gasteiger partial charge in [0.25, 0.3) is 0 Å². The van der Waals surface area contributed by atoms with Crippen LogP contribution in [-0.4, -0.2) is 0 Å². The summed E-state index contributed by atoms with van der Waals surface area (Å²) in [6, 6.07) is 7.25. The van der Waals surface area contributed by atoms with Crippen LogP contribution in [0.4, 0.5) is 0 Å². The fourth-order valence-electron chi connectivity index (χ4n) is 0.830. The smallest absolute Gasteiger partial charge is 0.100 e. The first-order chi connectivity index (χ1) is 5.61. The van der Waals surface area contributed by atoms with Crippen LogP contribution < -0.4 is 0 Å². The molecule has 0 aliphatic carbocycles. The van der Waals surface area contributed by atoms with E-state index in [4.69, 9.17) is 46.4 Å². The Morgan fingerprint density at radius 1 is 0.833 bits per heavy atom. The van der Waals surface area contributed by atoms with Gasteiger partial charge in [0.1, 0.15) is 9.67 Å². The molecule has 0 aliphatic rings. The predicted molar refractivity (Wildman–Crippen MR) is 55.3 cm³/mol. The summed E-state index contributed by atoms with van der Waals surface area (Å²) in [5, 5.41) is 0. The number of hydrogen-bond acceptors (Lipinski definition) is 0. The largest absolute Gasteiger partial charge is 0.132 e. The van der Waals surface area contributed by atoms with Gasteiger partial charge in [0.2, 0.25) is 0 Å². The second kappa shape index (κ2) is 4.57. The first kappa shape index (κ1) is 10.5. The van der Waals surface area contributed by atoms with Crippen LogP contribution >= 0.6 is 46.4 Å². The molecule has 0 atom stereocenters. The fourth-order valence-corrected chi connectivity index (χ4v) is 1.37. The van der Waals surface area contributed by atoms with Crippen molar-refractivity contribution in [3.8, 4) is 0 Å². The summed E-state index contributed by atoms with van der Waals surface area (Å²) < 4.78 is 0. The van der Waals surface area contributed by atoms with Gasteiger partial charge in [0.05, 0.1) is 0 Å². The van der Waals surface area contributed by atoms with E-state index in [-0.39, 0.29) is 0 Å². The van der Waals surface area contributed by atoms with E-state index in [1.165, 1.54) is 0 Å². The molecule has 0 spiro atoms. The molecule has 1 aromatic carbocycles. The minimum Gasteiger partial charge on any atom is -0.100 e. The Balaban J connectivity index is 2.96. The summed E-state index contributed by atoms with van der Waals surface area (Å²) in [6.07, 6.45) is 0. The Kier molecular flexibility index (Phi) is 3.98. The van der Waals surface area contributed by atoms with Gasteiger partial charge in [0.15, 0.2) is 0 Å². The number of benzene rings is 1. The van der Waals surface area contributed by atoms with Crippen LogP contribution in [0.25, 0.3) is 0 Å². The second-order valence-electron chi connectivity index (χ2n) is 2.27. The van der Waals surface area contributed by atoms with Gasteiger partial charge in [-0.3, -0.25) is 0 Å². The summed E-state index contributed by atoms with van der Waals surface area (Å²) in [7, 11) is 0. The lowest BCUT2D eigenvalue weighted by atomic mass is 10.2. The van der Waals surface area contributed by atoms with Gasteiger partial charge >= 0.3 is 0 Å². The summed E-state index contributed by atoms with van der Waals surface area (Å²) in [5.74, 6) is 0. The van der Waals surface area contributed by atoms with Crippen LogP contribution in [0.1, 0.15) is 20.8 Å². The standard InChI is InChI=1S/C8H6Cl4/c9-7(10)5-2-1-3-6(4-5)8(11)12/h1-4,7-8H. The molecule has 0 N–H and O–H groups in total. The molecule has 0 nitrogen and oxygen atoms in total. The summed E-state index contributed by atoms with van der Waals surface area (Å²) in [4.78, 5) is -1.06. The lowest BCUT2D eigenvalue weighted by molar-refractivity contribution is 1.27. The van der Waals surface area contributed by atoms with Crippen molar-refractivity contribution in [3.05, 3.63) is 35.4 Å². The van der Waals surface area contributed by atoms with E-state index in [1.54, 1.807) is 6.07 Å². The van der Waals surface area contributed by atoms with Crippen molar-refractivity contribution >= 4 is 46.4 Å². The average Bonchev–Trinajstić information content (AvgIpc) is 2.04. The maximum absolute atomic E-state index is 5.66. The predicted octanol–water partition coefficient (Wildman–Crippen LogP) is 4.64. The molecule has 1 rings (SSSR count). The van der Waals surface area contributed by atoms with E-state index in [2.05, 4.69) is 0 Å². The van der Waals surface area contributed by atoms with Crippen molar-refractivity contribution in [2.24, 2.45) is 0 Å². The van der Waals surface area contributed by atoms with Crippen LogP contribution in [-0.2, 0) is 0 Å². The van der Waals surface area contributed by atoms with Crippen molar-refractivity contribution in [1.82, 2.24) is 0 Å². The third-order valence-corrected chi connectivity index (χ3v) is 2.42. The Hall–Kier alpha value is 0.380. The molecule has 0 aromatic heterocycles. The molecule has 66 valence electrons. The van der Waals surface area contributed by atoms with Gasteiger partial charge in [0, 0.05) is 0 Å². The molecular formula is C8H6Cl4. The van der Waals surface area contributed by atoms with Crippen molar-refractivity contribution in [1.29, 1.82) is 0 Å². The van der Waals surface area contributed by atoms with Crippen LogP contribution in [0.15, 0.2) is 24.3 Å². The molecule has 4 heteroatoms. The van der Waals surface area contributed by atoms with E-state index in [1.807, 2.05) is 18.2 Å². The van der Waals surface area contributed by atoms with Crippen molar-refractivity contribution in [2.75, 3.05) is 0 Å². The second-order valence-corrected chi connectivity index (χ2v) is 4.46. The van der Waals surface area contributed by atoms with Crippen molar-refractivity contribution in [2.45, 2.75) is 9.67 Å². The molecule has 0 saturated heterocycles. The Morgan fingerprint density at radius 2 is 1.25 bits per heavy atom. The zero-order chi connectivity index (χ0) is 9.14. The monoisotopic (exact) mass is 242 g/mol. The quantitative estimate of drug-likeness (QED) is 0.664. The number of halogens is 4. The highest BCUT2D eigenvalue weighted by Crippen LogP contribution is 2.30. The molecule has 0 saturated carbocycles. The summed E-state index contributed by atoms with van der Waals surface area (Å²) in [5.41, 5.74) is 1.62. The topological polar surface area (TPSA) is 0 Å². The van der Waals surface area contributed by atoms with Crippen LogP contribution in [0, 0.1) is 0 Å². The highest BCUT2D eigenvalue weighted by Gasteiger charge is 2.07. The van der Waals surface area contributed by atoms with E-state index < -0.39 is 9.67 Å². The zero-order valence-corrected chi connectivity index (χ0v) is 9.00. The third-order valence-electron chi connectivity index (χ3n) is 1.41. The highest BCUT2D eigenvalue weighted by atomic mass is 35.5. The lowest BCUT2D eigenvalue weighted by Gasteiger charge is -2.05. The van der Waals surface area contributed by atoms with Crippen molar-refractivity contribution < 1.29 is 0 Å². The molecule has 0 bridgehead atoms. The third kappa shape index (κ3) is 2.70. The summed E-state index contributed by atoms with van der Waals surface area (Å²) >= 11 is 22.6. The molecule has 0 radical (unpaired) electrons. The van der Waals surface area contributed by atoms with E-state index in [0.29, 0.717) is 0 Å². The van der Waals surface area contributed by atoms with E-state index >= 15 is 0 Å². The molecule has 12 heavy (non-hydrogen) atoms. The Morgan fingerprint density at radius 3 is 1.58 bits per heavy atom. The number of alkyl halides is 4. The molecule has 0 unspecified atom stereocenters. The molecule has 0 fully saturated rings. The molecular weight excluding hydrogens is 238 g/mol.